The molecule has 1 saturated heterocycles. The van der Waals surface area contributed by atoms with E-state index in [1.807, 2.05) is 24.3 Å². The first-order chi connectivity index (χ1) is 9.11. The summed E-state index contributed by atoms with van der Waals surface area (Å²) in [7, 11) is 4.25. The summed E-state index contributed by atoms with van der Waals surface area (Å²) in [5, 5.41) is 11.9. The number of hydrogen-bond donors (Lipinski definition) is 2. The van der Waals surface area contributed by atoms with Crippen LogP contribution in [0.25, 0.3) is 0 Å². The molecule has 1 aromatic carbocycles. The molecule has 0 aromatic heterocycles. The van der Waals surface area contributed by atoms with Crippen molar-refractivity contribution in [2.75, 3.05) is 27.2 Å². The third-order valence-electron chi connectivity index (χ3n) is 3.77. The number of nitrogens with two attached hydrogens (primary N) is 1. The van der Waals surface area contributed by atoms with Gasteiger partial charge in [-0.15, -0.1) is 0 Å². The quantitative estimate of drug-likeness (QED) is 0.366. The van der Waals surface area contributed by atoms with Crippen molar-refractivity contribution in [3.05, 3.63) is 35.4 Å². The highest BCUT2D eigenvalue weighted by Crippen LogP contribution is 2.18. The summed E-state index contributed by atoms with van der Waals surface area (Å²) in [6, 6.07) is 8.45. The molecule has 1 aromatic rings. The summed E-state index contributed by atoms with van der Waals surface area (Å²) in [5.41, 5.74) is 7.64. The molecule has 2 rings (SSSR count). The van der Waals surface area contributed by atoms with Gasteiger partial charge in [-0.3, -0.25) is 4.90 Å². The Balaban J connectivity index is 2.08. The van der Waals surface area contributed by atoms with E-state index in [1.165, 1.54) is 6.42 Å². The van der Waals surface area contributed by atoms with E-state index in [9.17, 15) is 0 Å². The number of likely N-dealkylation sites (tertiary alicyclic amines) is 1. The van der Waals surface area contributed by atoms with E-state index in [2.05, 4.69) is 29.1 Å². The molecular formula is C14H22N4O. The number of rotatable bonds is 4. The molecule has 1 aliphatic heterocycles. The van der Waals surface area contributed by atoms with Crippen LogP contribution < -0.4 is 5.73 Å². The summed E-state index contributed by atoms with van der Waals surface area (Å²) < 4.78 is 0. The summed E-state index contributed by atoms with van der Waals surface area (Å²) in [4.78, 5) is 4.68. The van der Waals surface area contributed by atoms with E-state index >= 15 is 0 Å². The van der Waals surface area contributed by atoms with Crippen LogP contribution in [-0.2, 0) is 6.54 Å². The zero-order chi connectivity index (χ0) is 13.8. The van der Waals surface area contributed by atoms with Gasteiger partial charge in [0.15, 0.2) is 5.84 Å². The van der Waals surface area contributed by atoms with E-state index in [-0.39, 0.29) is 5.84 Å². The molecule has 0 radical (unpaired) electrons. The standard InChI is InChI=1S/C14H22N4O/c1-17(2)12-7-8-18(10-12)9-11-5-3-4-6-13(11)14(15)16-19/h3-6,12,19H,7-10H2,1-2H3,(H2,15,16). The molecule has 5 nitrogen and oxygen atoms in total. The lowest BCUT2D eigenvalue weighted by Gasteiger charge is -2.21. The van der Waals surface area contributed by atoms with Crippen molar-refractivity contribution in [1.29, 1.82) is 0 Å². The predicted octanol–water partition coefficient (Wildman–Crippen LogP) is 0.917. The minimum absolute atomic E-state index is 0.180. The number of amidine groups is 1. The average molecular weight is 262 g/mol. The van der Waals surface area contributed by atoms with Gasteiger partial charge in [0, 0.05) is 31.2 Å². The highest BCUT2D eigenvalue weighted by molar-refractivity contribution is 5.98. The molecule has 0 bridgehead atoms. The molecule has 5 heteroatoms. The second kappa shape index (κ2) is 6.04. The van der Waals surface area contributed by atoms with Gasteiger partial charge in [0.25, 0.3) is 0 Å². The molecule has 19 heavy (non-hydrogen) atoms. The number of likely N-dealkylation sites (N-methyl/N-ethyl adjacent to an activating group) is 1. The Labute approximate surface area is 114 Å². The molecule has 1 unspecified atom stereocenters. The van der Waals surface area contributed by atoms with Gasteiger partial charge in [-0.2, -0.15) is 0 Å². The Hall–Kier alpha value is -1.59. The maximum atomic E-state index is 8.83. The van der Waals surface area contributed by atoms with Gasteiger partial charge in [0.05, 0.1) is 0 Å². The molecule has 0 aliphatic carbocycles. The van der Waals surface area contributed by atoms with Crippen molar-refractivity contribution in [2.24, 2.45) is 10.9 Å². The third-order valence-corrected chi connectivity index (χ3v) is 3.77. The van der Waals surface area contributed by atoms with Crippen LogP contribution in [0.15, 0.2) is 29.4 Å². The summed E-state index contributed by atoms with van der Waals surface area (Å²) in [6.07, 6.45) is 1.19. The lowest BCUT2D eigenvalue weighted by atomic mass is 10.1. The van der Waals surface area contributed by atoms with E-state index < -0.39 is 0 Å². The van der Waals surface area contributed by atoms with Gasteiger partial charge in [-0.05, 0) is 26.1 Å². The predicted molar refractivity (Wildman–Crippen MR) is 76.3 cm³/mol. The summed E-state index contributed by atoms with van der Waals surface area (Å²) in [6.45, 7) is 3.00. The molecule has 1 atom stereocenters. The van der Waals surface area contributed by atoms with Crippen LogP contribution in [0.2, 0.25) is 0 Å². The van der Waals surface area contributed by atoms with Gasteiger partial charge in [-0.25, -0.2) is 0 Å². The van der Waals surface area contributed by atoms with Gasteiger partial charge in [0.2, 0.25) is 0 Å². The first kappa shape index (κ1) is 13.8. The molecule has 1 heterocycles. The SMILES string of the molecule is CN(C)C1CCN(Cc2ccccc2/C(N)=N/O)C1. The van der Waals surface area contributed by atoms with E-state index in [0.29, 0.717) is 6.04 Å². The van der Waals surface area contributed by atoms with E-state index in [0.717, 1.165) is 30.8 Å². The molecule has 1 aliphatic rings. The monoisotopic (exact) mass is 262 g/mol. The first-order valence-electron chi connectivity index (χ1n) is 6.56. The lowest BCUT2D eigenvalue weighted by molar-refractivity contribution is 0.264. The summed E-state index contributed by atoms with van der Waals surface area (Å²) in [5.74, 6) is 0.180. The molecule has 0 spiro atoms. The van der Waals surface area contributed by atoms with Crippen molar-refractivity contribution in [3.8, 4) is 0 Å². The fraction of sp³-hybridized carbons (Fsp3) is 0.500. The molecule has 104 valence electrons. The highest BCUT2D eigenvalue weighted by Gasteiger charge is 2.24. The fourth-order valence-corrected chi connectivity index (χ4v) is 2.58. The lowest BCUT2D eigenvalue weighted by Crippen LogP contribution is -2.31. The van der Waals surface area contributed by atoms with Gasteiger partial charge in [-0.1, -0.05) is 29.4 Å². The highest BCUT2D eigenvalue weighted by atomic mass is 16.4. The van der Waals surface area contributed by atoms with Crippen LogP contribution >= 0.6 is 0 Å². The minimum atomic E-state index is 0.180. The zero-order valence-corrected chi connectivity index (χ0v) is 11.6. The molecule has 3 N–H and O–H groups in total. The third kappa shape index (κ3) is 3.24. The maximum Gasteiger partial charge on any atom is 0.170 e. The van der Waals surface area contributed by atoms with E-state index in [4.69, 9.17) is 10.9 Å². The zero-order valence-electron chi connectivity index (χ0n) is 11.6. The Morgan fingerprint density at radius 1 is 1.47 bits per heavy atom. The Bertz CT molecular complexity index is 459. The Morgan fingerprint density at radius 3 is 2.84 bits per heavy atom. The second-order valence-corrected chi connectivity index (χ2v) is 5.28. The first-order valence-corrected chi connectivity index (χ1v) is 6.56. The van der Waals surface area contributed by atoms with Crippen LogP contribution in [0.1, 0.15) is 17.5 Å². The van der Waals surface area contributed by atoms with Gasteiger partial charge >= 0.3 is 0 Å². The van der Waals surface area contributed by atoms with E-state index in [1.54, 1.807) is 0 Å². The smallest absolute Gasteiger partial charge is 0.170 e. The van der Waals surface area contributed by atoms with Crippen LogP contribution in [0.3, 0.4) is 0 Å². The molecule has 1 fully saturated rings. The normalized spacial score (nSPS) is 21.2. The number of nitrogens with zero attached hydrogens (tertiary/aromatic N) is 3. The minimum Gasteiger partial charge on any atom is -0.409 e. The van der Waals surface area contributed by atoms with Gasteiger partial charge in [0.1, 0.15) is 0 Å². The number of oxime groups is 1. The second-order valence-electron chi connectivity index (χ2n) is 5.28. The van der Waals surface area contributed by atoms with Crippen molar-refractivity contribution < 1.29 is 5.21 Å². The Kier molecular flexibility index (Phi) is 4.39. The van der Waals surface area contributed by atoms with Crippen molar-refractivity contribution >= 4 is 5.84 Å². The molecule has 0 saturated carbocycles. The molecular weight excluding hydrogens is 240 g/mol. The van der Waals surface area contributed by atoms with Crippen LogP contribution in [0, 0.1) is 0 Å². The van der Waals surface area contributed by atoms with Crippen molar-refractivity contribution in [1.82, 2.24) is 9.80 Å². The fourth-order valence-electron chi connectivity index (χ4n) is 2.58. The van der Waals surface area contributed by atoms with Crippen LogP contribution in [0.4, 0.5) is 0 Å². The van der Waals surface area contributed by atoms with Crippen LogP contribution in [-0.4, -0.2) is 54.1 Å². The number of benzene rings is 1. The van der Waals surface area contributed by atoms with Crippen molar-refractivity contribution in [3.63, 3.8) is 0 Å². The average Bonchev–Trinajstić information content (AvgIpc) is 2.87. The Morgan fingerprint density at radius 2 is 2.21 bits per heavy atom. The van der Waals surface area contributed by atoms with Gasteiger partial charge < -0.3 is 15.8 Å². The van der Waals surface area contributed by atoms with Crippen LogP contribution in [0.5, 0.6) is 0 Å². The largest absolute Gasteiger partial charge is 0.409 e. The maximum absolute atomic E-state index is 8.83. The number of hydrogen-bond acceptors (Lipinski definition) is 4. The molecule has 0 amide bonds. The van der Waals surface area contributed by atoms with Crippen molar-refractivity contribution in [2.45, 2.75) is 19.0 Å². The summed E-state index contributed by atoms with van der Waals surface area (Å²) >= 11 is 0. The topological polar surface area (TPSA) is 65.1 Å².